The summed E-state index contributed by atoms with van der Waals surface area (Å²) >= 11 is 0. The minimum Gasteiger partial charge on any atom is -0.454 e. The van der Waals surface area contributed by atoms with E-state index in [4.69, 9.17) is 14.2 Å². The van der Waals surface area contributed by atoms with E-state index in [2.05, 4.69) is 19.2 Å². The first kappa shape index (κ1) is 21.9. The number of rotatable bonds is 7. The highest BCUT2D eigenvalue weighted by Crippen LogP contribution is 2.32. The Morgan fingerprint density at radius 3 is 2.52 bits per heavy atom. The zero-order valence-electron chi connectivity index (χ0n) is 17.7. The predicted molar refractivity (Wildman–Crippen MR) is 114 cm³/mol. The standard InChI is InChI=1S/C24H24N2O5/c1-15(2)19-7-4-17(5-8-19)10-20(12-25)24(28)31-16(3)23(27)26-13-18-6-9-21-22(11-18)30-14-29-21/h4-11,15-16H,13-14H2,1-3H3,(H,26,27)/b20-10+/t16-/m0/s1. The van der Waals surface area contributed by atoms with Crippen LogP contribution in [-0.2, 0) is 20.9 Å². The van der Waals surface area contributed by atoms with Gasteiger partial charge in [-0.2, -0.15) is 5.26 Å². The van der Waals surface area contributed by atoms with Gasteiger partial charge in [-0.05, 0) is 47.7 Å². The first-order chi connectivity index (χ1) is 14.9. The minimum absolute atomic E-state index is 0.173. The number of esters is 1. The van der Waals surface area contributed by atoms with Crippen LogP contribution in [0.1, 0.15) is 43.4 Å². The van der Waals surface area contributed by atoms with Gasteiger partial charge in [-0.3, -0.25) is 4.79 Å². The van der Waals surface area contributed by atoms with Crippen LogP contribution in [0.5, 0.6) is 11.5 Å². The SMILES string of the molecule is CC(C)c1ccc(/C=C(\C#N)C(=O)O[C@@H](C)C(=O)NCc2ccc3c(c2)OCO3)cc1. The van der Waals surface area contributed by atoms with Gasteiger partial charge in [0.05, 0.1) is 0 Å². The fraction of sp³-hybridized carbons (Fsp3) is 0.292. The lowest BCUT2D eigenvalue weighted by Gasteiger charge is -2.13. The molecule has 0 fully saturated rings. The van der Waals surface area contributed by atoms with Crippen molar-refractivity contribution in [2.75, 3.05) is 6.79 Å². The normalized spacial score (nSPS) is 13.5. The molecule has 0 saturated heterocycles. The summed E-state index contributed by atoms with van der Waals surface area (Å²) in [5.74, 6) is 0.352. The van der Waals surface area contributed by atoms with Crippen LogP contribution in [0.3, 0.4) is 0 Å². The number of ether oxygens (including phenoxy) is 3. The monoisotopic (exact) mass is 420 g/mol. The van der Waals surface area contributed by atoms with Crippen molar-refractivity contribution < 1.29 is 23.8 Å². The van der Waals surface area contributed by atoms with E-state index in [1.165, 1.54) is 13.0 Å². The van der Waals surface area contributed by atoms with Gasteiger partial charge in [-0.15, -0.1) is 0 Å². The van der Waals surface area contributed by atoms with Gasteiger partial charge < -0.3 is 19.5 Å². The van der Waals surface area contributed by atoms with Crippen LogP contribution in [0.2, 0.25) is 0 Å². The van der Waals surface area contributed by atoms with E-state index in [9.17, 15) is 14.9 Å². The molecule has 1 amide bonds. The first-order valence-corrected chi connectivity index (χ1v) is 9.96. The van der Waals surface area contributed by atoms with Crippen LogP contribution >= 0.6 is 0 Å². The zero-order valence-corrected chi connectivity index (χ0v) is 17.7. The lowest BCUT2D eigenvalue weighted by atomic mass is 10.0. The molecule has 31 heavy (non-hydrogen) atoms. The van der Waals surface area contributed by atoms with Gasteiger partial charge in [0.15, 0.2) is 17.6 Å². The Morgan fingerprint density at radius 1 is 1.13 bits per heavy atom. The third-order valence-corrected chi connectivity index (χ3v) is 4.81. The van der Waals surface area contributed by atoms with Crippen LogP contribution in [-0.4, -0.2) is 24.8 Å². The number of nitrogens with zero attached hydrogens (tertiary/aromatic N) is 1. The zero-order chi connectivity index (χ0) is 22.4. The summed E-state index contributed by atoms with van der Waals surface area (Å²) in [4.78, 5) is 24.7. The summed E-state index contributed by atoms with van der Waals surface area (Å²) in [5, 5.41) is 12.0. The molecule has 0 aromatic heterocycles. The van der Waals surface area contributed by atoms with E-state index in [-0.39, 0.29) is 18.9 Å². The number of carbonyl (C=O) groups is 2. The van der Waals surface area contributed by atoms with Crippen molar-refractivity contribution in [3.8, 4) is 17.6 Å². The lowest BCUT2D eigenvalue weighted by Crippen LogP contribution is -2.35. The number of hydrogen-bond acceptors (Lipinski definition) is 6. The second-order valence-electron chi connectivity index (χ2n) is 7.44. The number of benzene rings is 2. The highest BCUT2D eigenvalue weighted by Gasteiger charge is 2.21. The molecule has 2 aromatic carbocycles. The Bertz CT molecular complexity index is 1030. The van der Waals surface area contributed by atoms with Crippen molar-refractivity contribution in [1.29, 1.82) is 5.26 Å². The molecule has 1 N–H and O–H groups in total. The molecule has 1 atom stereocenters. The minimum atomic E-state index is -1.05. The van der Waals surface area contributed by atoms with Crippen molar-refractivity contribution in [2.45, 2.75) is 39.3 Å². The fourth-order valence-corrected chi connectivity index (χ4v) is 2.94. The van der Waals surface area contributed by atoms with Gasteiger partial charge >= 0.3 is 5.97 Å². The lowest BCUT2D eigenvalue weighted by molar-refractivity contribution is -0.150. The molecule has 7 nitrogen and oxygen atoms in total. The number of amides is 1. The quantitative estimate of drug-likeness (QED) is 0.417. The third-order valence-electron chi connectivity index (χ3n) is 4.81. The van der Waals surface area contributed by atoms with Crippen LogP contribution in [0, 0.1) is 11.3 Å². The Morgan fingerprint density at radius 2 is 1.84 bits per heavy atom. The number of nitriles is 1. The first-order valence-electron chi connectivity index (χ1n) is 9.96. The molecule has 0 aliphatic carbocycles. The number of fused-ring (bicyclic) bond motifs is 1. The van der Waals surface area contributed by atoms with E-state index in [0.29, 0.717) is 23.0 Å². The van der Waals surface area contributed by atoms with E-state index in [1.807, 2.05) is 36.4 Å². The number of hydrogen-bond donors (Lipinski definition) is 1. The molecule has 7 heteroatoms. The second-order valence-corrected chi connectivity index (χ2v) is 7.44. The molecule has 1 aliphatic rings. The van der Waals surface area contributed by atoms with Crippen LogP contribution in [0.15, 0.2) is 48.0 Å². The summed E-state index contributed by atoms with van der Waals surface area (Å²) in [6, 6.07) is 14.8. The summed E-state index contributed by atoms with van der Waals surface area (Å²) in [7, 11) is 0. The van der Waals surface area contributed by atoms with Crippen LogP contribution in [0.4, 0.5) is 0 Å². The van der Waals surface area contributed by atoms with Crippen LogP contribution in [0.25, 0.3) is 6.08 Å². The summed E-state index contributed by atoms with van der Waals surface area (Å²) in [6.07, 6.45) is 0.394. The van der Waals surface area contributed by atoms with Crippen LogP contribution < -0.4 is 14.8 Å². The summed E-state index contributed by atoms with van der Waals surface area (Å²) < 4.78 is 15.7. The largest absolute Gasteiger partial charge is 0.454 e. The molecule has 1 aliphatic heterocycles. The van der Waals surface area contributed by atoms with Crippen molar-refractivity contribution >= 4 is 18.0 Å². The molecular weight excluding hydrogens is 396 g/mol. The van der Waals surface area contributed by atoms with Gasteiger partial charge in [-0.25, -0.2) is 4.79 Å². The average molecular weight is 420 g/mol. The second kappa shape index (κ2) is 9.81. The highest BCUT2D eigenvalue weighted by molar-refractivity contribution is 5.99. The molecule has 3 rings (SSSR count). The summed E-state index contributed by atoms with van der Waals surface area (Å²) in [5.41, 5.74) is 2.51. The Labute approximate surface area is 181 Å². The van der Waals surface area contributed by atoms with E-state index >= 15 is 0 Å². The Hall–Kier alpha value is -3.79. The molecule has 0 radical (unpaired) electrons. The molecule has 1 heterocycles. The maximum Gasteiger partial charge on any atom is 0.349 e. The molecule has 160 valence electrons. The molecule has 0 bridgehead atoms. The smallest absolute Gasteiger partial charge is 0.349 e. The van der Waals surface area contributed by atoms with Crippen molar-refractivity contribution in [3.05, 3.63) is 64.7 Å². The number of carbonyl (C=O) groups excluding carboxylic acids is 2. The van der Waals surface area contributed by atoms with Gasteiger partial charge in [0.1, 0.15) is 11.6 Å². The fourth-order valence-electron chi connectivity index (χ4n) is 2.94. The van der Waals surface area contributed by atoms with Crippen molar-refractivity contribution in [2.24, 2.45) is 0 Å². The molecule has 0 spiro atoms. The van der Waals surface area contributed by atoms with Gasteiger partial charge in [0.25, 0.3) is 5.91 Å². The van der Waals surface area contributed by atoms with Crippen molar-refractivity contribution in [1.82, 2.24) is 5.32 Å². The summed E-state index contributed by atoms with van der Waals surface area (Å²) in [6.45, 7) is 6.04. The van der Waals surface area contributed by atoms with Gasteiger partial charge in [0.2, 0.25) is 6.79 Å². The topological polar surface area (TPSA) is 97.7 Å². The van der Waals surface area contributed by atoms with Gasteiger partial charge in [-0.1, -0.05) is 44.2 Å². The third kappa shape index (κ3) is 5.64. The van der Waals surface area contributed by atoms with E-state index in [1.54, 1.807) is 12.1 Å². The maximum absolute atomic E-state index is 12.3. The van der Waals surface area contributed by atoms with E-state index < -0.39 is 18.0 Å². The molecule has 0 unspecified atom stereocenters. The number of nitrogens with one attached hydrogen (secondary N) is 1. The van der Waals surface area contributed by atoms with E-state index in [0.717, 1.165) is 11.1 Å². The molecule has 2 aromatic rings. The maximum atomic E-state index is 12.3. The average Bonchev–Trinajstić information content (AvgIpc) is 3.23. The molecule has 0 saturated carbocycles. The Balaban J connectivity index is 1.56. The Kier molecular flexibility index (Phi) is 6.93. The predicted octanol–water partition coefficient (Wildman–Crippen LogP) is 3.69. The van der Waals surface area contributed by atoms with Crippen molar-refractivity contribution in [3.63, 3.8) is 0 Å². The highest BCUT2D eigenvalue weighted by atomic mass is 16.7. The molecular formula is C24H24N2O5. The van der Waals surface area contributed by atoms with Gasteiger partial charge in [0, 0.05) is 6.54 Å².